The van der Waals surface area contributed by atoms with Crippen LogP contribution in [0.4, 0.5) is 0 Å². The van der Waals surface area contributed by atoms with Crippen LogP contribution in [0.5, 0.6) is 0 Å². The summed E-state index contributed by atoms with van der Waals surface area (Å²) in [6, 6.07) is -0.391. The molecule has 0 saturated heterocycles. The van der Waals surface area contributed by atoms with Crippen molar-refractivity contribution >= 4 is 5.91 Å². The molecule has 1 aromatic heterocycles. The quantitative estimate of drug-likeness (QED) is 0.612. The highest BCUT2D eigenvalue weighted by molar-refractivity contribution is 5.79. The third-order valence-electron chi connectivity index (χ3n) is 2.75. The van der Waals surface area contributed by atoms with Gasteiger partial charge in [0.05, 0.1) is 5.69 Å². The van der Waals surface area contributed by atoms with E-state index in [0.717, 1.165) is 12.1 Å². The molecule has 1 aromatic rings. The van der Waals surface area contributed by atoms with Gasteiger partial charge in [-0.15, -0.1) is 5.10 Å². The molecular formula is C12H22N4O3. The van der Waals surface area contributed by atoms with Crippen LogP contribution < -0.4 is 5.32 Å². The zero-order valence-corrected chi connectivity index (χ0v) is 11.5. The number of aromatic nitrogens is 3. The van der Waals surface area contributed by atoms with Gasteiger partial charge >= 0.3 is 0 Å². The summed E-state index contributed by atoms with van der Waals surface area (Å²) in [7, 11) is 1.63. The van der Waals surface area contributed by atoms with Crippen molar-refractivity contribution in [2.75, 3.05) is 26.9 Å². The summed E-state index contributed by atoms with van der Waals surface area (Å²) in [4.78, 5) is 11.8. The van der Waals surface area contributed by atoms with E-state index in [1.165, 1.54) is 0 Å². The van der Waals surface area contributed by atoms with Crippen molar-refractivity contribution in [3.63, 3.8) is 0 Å². The van der Waals surface area contributed by atoms with E-state index in [2.05, 4.69) is 15.6 Å². The van der Waals surface area contributed by atoms with Crippen LogP contribution >= 0.6 is 0 Å². The fourth-order valence-corrected chi connectivity index (χ4v) is 1.57. The van der Waals surface area contributed by atoms with E-state index >= 15 is 0 Å². The first-order chi connectivity index (χ1) is 9.19. The smallest absolute Gasteiger partial charge is 0.244 e. The van der Waals surface area contributed by atoms with Gasteiger partial charge in [-0.2, -0.15) is 0 Å². The summed E-state index contributed by atoms with van der Waals surface area (Å²) < 4.78 is 6.45. The van der Waals surface area contributed by atoms with E-state index in [4.69, 9.17) is 9.84 Å². The van der Waals surface area contributed by atoms with E-state index in [1.807, 2.05) is 0 Å². The molecule has 0 bridgehead atoms. The Balaban J connectivity index is 2.40. The van der Waals surface area contributed by atoms with Crippen LogP contribution in [0.1, 0.15) is 31.5 Å². The number of amides is 1. The van der Waals surface area contributed by atoms with Crippen LogP contribution in [0.25, 0.3) is 0 Å². The van der Waals surface area contributed by atoms with Gasteiger partial charge in [0.15, 0.2) is 0 Å². The number of ether oxygens (including phenoxy) is 1. The summed E-state index contributed by atoms with van der Waals surface area (Å²) in [6.07, 6.45) is 3.85. The fraction of sp³-hybridized carbons (Fsp3) is 0.750. The number of aliphatic hydroxyl groups excluding tert-OH is 1. The molecule has 1 rings (SSSR count). The van der Waals surface area contributed by atoms with E-state index in [9.17, 15) is 4.79 Å². The molecule has 0 aliphatic rings. The second-order valence-corrected chi connectivity index (χ2v) is 4.33. The number of rotatable bonds is 9. The average molecular weight is 270 g/mol. The highest BCUT2D eigenvalue weighted by Crippen LogP contribution is 2.06. The van der Waals surface area contributed by atoms with Gasteiger partial charge in [-0.3, -0.25) is 4.79 Å². The Morgan fingerprint density at radius 3 is 3.05 bits per heavy atom. The average Bonchev–Trinajstić information content (AvgIpc) is 2.89. The summed E-state index contributed by atoms with van der Waals surface area (Å²) in [5, 5.41) is 19.5. The van der Waals surface area contributed by atoms with Crippen LogP contribution in [0.15, 0.2) is 6.20 Å². The van der Waals surface area contributed by atoms with Gasteiger partial charge in [0.2, 0.25) is 5.91 Å². The number of methoxy groups -OCH3 is 1. The zero-order chi connectivity index (χ0) is 14.1. The van der Waals surface area contributed by atoms with Gasteiger partial charge in [0.25, 0.3) is 0 Å². The molecule has 1 unspecified atom stereocenters. The maximum absolute atomic E-state index is 11.8. The number of nitrogens with zero attached hydrogens (tertiary/aromatic N) is 3. The normalized spacial score (nSPS) is 12.4. The molecule has 7 nitrogen and oxygen atoms in total. The Morgan fingerprint density at radius 1 is 1.58 bits per heavy atom. The number of carbonyl (C=O) groups excluding carboxylic acids is 1. The Hall–Kier alpha value is -1.47. The van der Waals surface area contributed by atoms with Crippen molar-refractivity contribution in [1.29, 1.82) is 0 Å². The van der Waals surface area contributed by atoms with Gasteiger partial charge in [0.1, 0.15) is 6.04 Å². The summed E-state index contributed by atoms with van der Waals surface area (Å²) in [6.45, 7) is 3.12. The van der Waals surface area contributed by atoms with Crippen LogP contribution in [0.2, 0.25) is 0 Å². The minimum Gasteiger partial charge on any atom is -0.396 e. The van der Waals surface area contributed by atoms with Crippen molar-refractivity contribution in [2.45, 2.75) is 32.2 Å². The number of hydrogen-bond donors (Lipinski definition) is 2. The predicted molar refractivity (Wildman–Crippen MR) is 69.6 cm³/mol. The SMILES string of the molecule is COCCCNC(=O)C(C)n1cc(CCCO)nn1. The predicted octanol–water partition coefficient (Wildman–Crippen LogP) is -0.0833. The van der Waals surface area contributed by atoms with E-state index < -0.39 is 6.04 Å². The fourth-order valence-electron chi connectivity index (χ4n) is 1.57. The standard InChI is InChI=1S/C12H22N4O3/c1-10(12(18)13-6-4-8-19-2)16-9-11(14-15-16)5-3-7-17/h9-10,17H,3-8H2,1-2H3,(H,13,18). The molecule has 2 N–H and O–H groups in total. The molecule has 1 heterocycles. The van der Waals surface area contributed by atoms with Crippen molar-refractivity contribution in [1.82, 2.24) is 20.3 Å². The lowest BCUT2D eigenvalue weighted by Crippen LogP contribution is -2.32. The summed E-state index contributed by atoms with van der Waals surface area (Å²) in [5.41, 5.74) is 0.785. The van der Waals surface area contributed by atoms with Crippen LogP contribution in [0.3, 0.4) is 0 Å². The molecule has 0 radical (unpaired) electrons. The Kier molecular flexibility index (Phi) is 7.06. The zero-order valence-electron chi connectivity index (χ0n) is 11.5. The number of nitrogens with one attached hydrogen (secondary N) is 1. The Labute approximate surface area is 112 Å². The number of aliphatic hydroxyl groups is 1. The molecule has 1 atom stereocenters. The van der Waals surface area contributed by atoms with Gasteiger partial charge in [-0.25, -0.2) is 4.68 Å². The number of carbonyl (C=O) groups is 1. The lowest BCUT2D eigenvalue weighted by molar-refractivity contribution is -0.124. The monoisotopic (exact) mass is 270 g/mol. The first-order valence-electron chi connectivity index (χ1n) is 6.47. The number of hydrogen-bond acceptors (Lipinski definition) is 5. The maximum atomic E-state index is 11.8. The highest BCUT2D eigenvalue weighted by atomic mass is 16.5. The lowest BCUT2D eigenvalue weighted by Gasteiger charge is -2.11. The molecule has 1 amide bonds. The van der Waals surface area contributed by atoms with Crippen LogP contribution in [0, 0.1) is 0 Å². The van der Waals surface area contributed by atoms with Crippen molar-refractivity contribution < 1.29 is 14.6 Å². The highest BCUT2D eigenvalue weighted by Gasteiger charge is 2.15. The van der Waals surface area contributed by atoms with E-state index in [1.54, 1.807) is 24.9 Å². The molecular weight excluding hydrogens is 248 g/mol. The molecule has 108 valence electrons. The second-order valence-electron chi connectivity index (χ2n) is 4.33. The second kappa shape index (κ2) is 8.60. The van der Waals surface area contributed by atoms with Gasteiger partial charge in [-0.05, 0) is 26.2 Å². The third-order valence-corrected chi connectivity index (χ3v) is 2.75. The molecule has 0 aromatic carbocycles. The van der Waals surface area contributed by atoms with E-state index in [0.29, 0.717) is 26.0 Å². The molecule has 0 saturated carbocycles. The molecule has 7 heteroatoms. The first kappa shape index (κ1) is 15.6. The van der Waals surface area contributed by atoms with Crippen molar-refractivity contribution in [2.24, 2.45) is 0 Å². The van der Waals surface area contributed by atoms with Crippen molar-refractivity contribution in [3.05, 3.63) is 11.9 Å². The first-order valence-corrected chi connectivity index (χ1v) is 6.47. The number of aryl methyl sites for hydroxylation is 1. The topological polar surface area (TPSA) is 89.3 Å². The van der Waals surface area contributed by atoms with Crippen LogP contribution in [-0.2, 0) is 16.0 Å². The van der Waals surface area contributed by atoms with Crippen molar-refractivity contribution in [3.8, 4) is 0 Å². The Morgan fingerprint density at radius 2 is 2.37 bits per heavy atom. The summed E-state index contributed by atoms with van der Waals surface area (Å²) in [5.74, 6) is -0.0882. The molecule has 0 aliphatic carbocycles. The van der Waals surface area contributed by atoms with E-state index in [-0.39, 0.29) is 12.5 Å². The minimum absolute atomic E-state index is 0.0882. The maximum Gasteiger partial charge on any atom is 0.244 e. The summed E-state index contributed by atoms with van der Waals surface area (Å²) >= 11 is 0. The molecule has 0 spiro atoms. The van der Waals surface area contributed by atoms with Crippen LogP contribution in [-0.4, -0.2) is 52.9 Å². The van der Waals surface area contributed by atoms with Gasteiger partial charge in [0, 0.05) is 33.1 Å². The van der Waals surface area contributed by atoms with Gasteiger partial charge < -0.3 is 15.2 Å². The molecule has 19 heavy (non-hydrogen) atoms. The Bertz CT molecular complexity index is 381. The lowest BCUT2D eigenvalue weighted by atomic mass is 10.2. The minimum atomic E-state index is -0.391. The molecule has 0 fully saturated rings. The molecule has 0 aliphatic heterocycles. The largest absolute Gasteiger partial charge is 0.396 e. The van der Waals surface area contributed by atoms with Gasteiger partial charge in [-0.1, -0.05) is 5.21 Å². The third kappa shape index (κ3) is 5.35.